The van der Waals surface area contributed by atoms with Crippen LogP contribution in [0.1, 0.15) is 24.4 Å². The lowest BCUT2D eigenvalue weighted by atomic mass is 10.0. The fourth-order valence-electron chi connectivity index (χ4n) is 2.63. The standard InChI is InChI=1S/C12H16N4O3/c1-4-10(17)11(18)8(14-4)6-3-13-9-7(6)15-5(2)16-12(9)19/h3-4,8,10-11,13-14,17-18H,1-2H3,(H,15,16,19). The molecule has 7 heteroatoms. The van der Waals surface area contributed by atoms with Gasteiger partial charge in [-0.05, 0) is 13.8 Å². The molecule has 5 N–H and O–H groups in total. The number of H-pyrrole nitrogens is 2. The molecule has 0 saturated carbocycles. The van der Waals surface area contributed by atoms with Crippen molar-refractivity contribution in [1.29, 1.82) is 0 Å². The summed E-state index contributed by atoms with van der Waals surface area (Å²) in [5.74, 6) is 0.513. The van der Waals surface area contributed by atoms with E-state index in [4.69, 9.17) is 0 Å². The lowest BCUT2D eigenvalue weighted by molar-refractivity contribution is 0.0303. The summed E-state index contributed by atoms with van der Waals surface area (Å²) >= 11 is 0. The molecule has 102 valence electrons. The maximum absolute atomic E-state index is 11.8. The van der Waals surface area contributed by atoms with Crippen LogP contribution in [-0.2, 0) is 0 Å². The topological polar surface area (TPSA) is 114 Å². The maximum atomic E-state index is 11.8. The smallest absolute Gasteiger partial charge is 0.275 e. The second kappa shape index (κ2) is 4.16. The van der Waals surface area contributed by atoms with Gasteiger partial charge in [0, 0.05) is 17.8 Å². The molecule has 7 nitrogen and oxygen atoms in total. The van der Waals surface area contributed by atoms with Crippen LogP contribution in [0.5, 0.6) is 0 Å². The summed E-state index contributed by atoms with van der Waals surface area (Å²) in [6.45, 7) is 3.50. The van der Waals surface area contributed by atoms with Gasteiger partial charge in [0.05, 0.1) is 12.1 Å². The highest BCUT2D eigenvalue weighted by molar-refractivity contribution is 5.78. The van der Waals surface area contributed by atoms with Crippen LogP contribution in [-0.4, -0.2) is 43.4 Å². The highest BCUT2D eigenvalue weighted by Crippen LogP contribution is 2.30. The highest BCUT2D eigenvalue weighted by Gasteiger charge is 2.40. The van der Waals surface area contributed by atoms with Gasteiger partial charge >= 0.3 is 0 Å². The number of rotatable bonds is 1. The molecule has 3 rings (SSSR count). The van der Waals surface area contributed by atoms with Crippen molar-refractivity contribution in [2.45, 2.75) is 38.1 Å². The van der Waals surface area contributed by atoms with Crippen LogP contribution >= 0.6 is 0 Å². The van der Waals surface area contributed by atoms with Crippen molar-refractivity contribution in [3.8, 4) is 0 Å². The van der Waals surface area contributed by atoms with E-state index in [2.05, 4.69) is 20.3 Å². The molecule has 19 heavy (non-hydrogen) atoms. The SMILES string of the molecule is Cc1nc2c(C3NC(C)C(O)C3O)c[nH]c2c(=O)[nH]1. The van der Waals surface area contributed by atoms with Gasteiger partial charge in [-0.15, -0.1) is 0 Å². The number of nitrogens with one attached hydrogen (secondary N) is 3. The van der Waals surface area contributed by atoms with E-state index >= 15 is 0 Å². The monoisotopic (exact) mass is 264 g/mol. The number of aromatic amines is 2. The van der Waals surface area contributed by atoms with E-state index in [9.17, 15) is 15.0 Å². The predicted octanol–water partition coefficient (Wildman–Crippen LogP) is -0.686. The minimum atomic E-state index is -0.921. The van der Waals surface area contributed by atoms with Crippen LogP contribution in [0.2, 0.25) is 0 Å². The van der Waals surface area contributed by atoms with Crippen LogP contribution in [0.15, 0.2) is 11.0 Å². The Labute approximate surface area is 108 Å². The van der Waals surface area contributed by atoms with Gasteiger partial charge in [0.1, 0.15) is 23.0 Å². The molecule has 0 bridgehead atoms. The molecular formula is C12H16N4O3. The third-order valence-electron chi connectivity index (χ3n) is 3.66. The molecule has 0 aromatic carbocycles. The number of aromatic nitrogens is 3. The Balaban J connectivity index is 2.14. The molecule has 1 saturated heterocycles. The minimum absolute atomic E-state index is 0.215. The van der Waals surface area contributed by atoms with Gasteiger partial charge in [-0.2, -0.15) is 0 Å². The Hall–Kier alpha value is -1.70. The van der Waals surface area contributed by atoms with Gasteiger partial charge < -0.3 is 25.5 Å². The molecule has 4 unspecified atom stereocenters. The number of aryl methyl sites for hydroxylation is 1. The first kappa shape index (κ1) is 12.3. The third kappa shape index (κ3) is 1.78. The summed E-state index contributed by atoms with van der Waals surface area (Å²) in [6, 6.07) is -0.652. The van der Waals surface area contributed by atoms with E-state index in [0.29, 0.717) is 22.4 Å². The van der Waals surface area contributed by atoms with Gasteiger partial charge in [0.25, 0.3) is 5.56 Å². The lowest BCUT2D eigenvalue weighted by Gasteiger charge is -2.14. The fourth-order valence-corrected chi connectivity index (χ4v) is 2.63. The molecule has 1 fully saturated rings. The third-order valence-corrected chi connectivity index (χ3v) is 3.66. The molecule has 0 spiro atoms. The summed E-state index contributed by atoms with van der Waals surface area (Å²) in [5.41, 5.74) is 1.36. The van der Waals surface area contributed by atoms with Crippen LogP contribution in [0.3, 0.4) is 0 Å². The molecule has 4 atom stereocenters. The van der Waals surface area contributed by atoms with Crippen LogP contribution in [0, 0.1) is 6.92 Å². The Morgan fingerprint density at radius 2 is 2.05 bits per heavy atom. The first-order valence-corrected chi connectivity index (χ1v) is 6.19. The summed E-state index contributed by atoms with van der Waals surface area (Å²) in [6.07, 6.45) is -0.105. The first-order chi connectivity index (χ1) is 8.99. The maximum Gasteiger partial charge on any atom is 0.275 e. The predicted molar refractivity (Wildman–Crippen MR) is 68.8 cm³/mol. The van der Waals surface area contributed by atoms with Crippen molar-refractivity contribution in [3.63, 3.8) is 0 Å². The van der Waals surface area contributed by atoms with Crippen LogP contribution in [0.25, 0.3) is 11.0 Å². The molecule has 0 radical (unpaired) electrons. The second-order valence-electron chi connectivity index (χ2n) is 5.03. The lowest BCUT2D eigenvalue weighted by Crippen LogP contribution is -2.29. The summed E-state index contributed by atoms with van der Waals surface area (Å²) in [4.78, 5) is 21.6. The molecule has 1 aliphatic rings. The zero-order valence-electron chi connectivity index (χ0n) is 10.6. The number of fused-ring (bicyclic) bond motifs is 1. The van der Waals surface area contributed by atoms with E-state index in [1.807, 2.05) is 0 Å². The first-order valence-electron chi connectivity index (χ1n) is 6.19. The molecule has 0 amide bonds. The van der Waals surface area contributed by atoms with Crippen LogP contribution < -0.4 is 10.9 Å². The Kier molecular flexibility index (Phi) is 2.70. The molecular weight excluding hydrogens is 248 g/mol. The fraction of sp³-hybridized carbons (Fsp3) is 0.500. The van der Waals surface area contributed by atoms with Gasteiger partial charge in [0.2, 0.25) is 0 Å². The Morgan fingerprint density at radius 1 is 1.32 bits per heavy atom. The minimum Gasteiger partial charge on any atom is -0.389 e. The Morgan fingerprint density at radius 3 is 2.68 bits per heavy atom. The van der Waals surface area contributed by atoms with Crippen molar-refractivity contribution in [3.05, 3.63) is 27.9 Å². The van der Waals surface area contributed by atoms with Crippen molar-refractivity contribution < 1.29 is 10.2 Å². The average molecular weight is 264 g/mol. The van der Waals surface area contributed by atoms with Crippen molar-refractivity contribution in [2.75, 3.05) is 0 Å². The van der Waals surface area contributed by atoms with Crippen molar-refractivity contribution in [2.24, 2.45) is 0 Å². The van der Waals surface area contributed by atoms with Crippen LogP contribution in [0.4, 0.5) is 0 Å². The van der Waals surface area contributed by atoms with E-state index in [-0.39, 0.29) is 11.6 Å². The summed E-state index contributed by atoms with van der Waals surface area (Å²) in [7, 11) is 0. The molecule has 2 aromatic heterocycles. The summed E-state index contributed by atoms with van der Waals surface area (Å²) in [5, 5.41) is 23.0. The van der Waals surface area contributed by atoms with E-state index in [1.54, 1.807) is 20.0 Å². The number of aliphatic hydroxyl groups is 2. The normalized spacial score (nSPS) is 31.2. The van der Waals surface area contributed by atoms with E-state index in [1.165, 1.54) is 0 Å². The average Bonchev–Trinajstić information content (AvgIpc) is 2.86. The van der Waals surface area contributed by atoms with Crippen molar-refractivity contribution >= 4 is 11.0 Å². The number of aliphatic hydroxyl groups excluding tert-OH is 2. The van der Waals surface area contributed by atoms with E-state index in [0.717, 1.165) is 0 Å². The van der Waals surface area contributed by atoms with Gasteiger partial charge in [-0.3, -0.25) is 4.79 Å². The second-order valence-corrected chi connectivity index (χ2v) is 5.03. The molecule has 2 aromatic rings. The molecule has 3 heterocycles. The molecule has 1 aliphatic heterocycles. The number of nitrogens with zero attached hydrogens (tertiary/aromatic N) is 1. The van der Waals surface area contributed by atoms with Gasteiger partial charge in [-0.1, -0.05) is 0 Å². The largest absolute Gasteiger partial charge is 0.389 e. The molecule has 0 aliphatic carbocycles. The van der Waals surface area contributed by atoms with Gasteiger partial charge in [0.15, 0.2) is 0 Å². The Bertz CT molecular complexity index is 677. The number of hydrogen-bond donors (Lipinski definition) is 5. The quantitative estimate of drug-likeness (QED) is 0.468. The van der Waals surface area contributed by atoms with Gasteiger partial charge in [-0.25, -0.2) is 4.98 Å². The number of hydrogen-bond acceptors (Lipinski definition) is 5. The zero-order chi connectivity index (χ0) is 13.7. The summed E-state index contributed by atoms with van der Waals surface area (Å²) < 4.78 is 0. The highest BCUT2D eigenvalue weighted by atomic mass is 16.3. The van der Waals surface area contributed by atoms with Crippen molar-refractivity contribution in [1.82, 2.24) is 20.3 Å². The van der Waals surface area contributed by atoms with E-state index < -0.39 is 18.2 Å². The zero-order valence-corrected chi connectivity index (χ0v) is 10.6.